The smallest absolute Gasteiger partial charge is 0.137 e. The normalized spacial score (nSPS) is 31.9. The zero-order valence-corrected chi connectivity index (χ0v) is 11.2. The minimum atomic E-state index is -0.199. The second-order valence-corrected chi connectivity index (χ2v) is 5.98. The van der Waals surface area contributed by atoms with E-state index in [0.717, 1.165) is 18.5 Å². The molecule has 17 heavy (non-hydrogen) atoms. The van der Waals surface area contributed by atoms with Crippen LogP contribution in [-0.2, 0) is 0 Å². The molecule has 4 heteroatoms. The molecule has 0 amide bonds. The van der Waals surface area contributed by atoms with Gasteiger partial charge in [0, 0.05) is 23.8 Å². The van der Waals surface area contributed by atoms with E-state index < -0.39 is 0 Å². The molecule has 2 nitrogen and oxygen atoms in total. The quantitative estimate of drug-likeness (QED) is 0.863. The predicted octanol–water partition coefficient (Wildman–Crippen LogP) is 3.05. The minimum absolute atomic E-state index is 0.199. The van der Waals surface area contributed by atoms with E-state index in [4.69, 9.17) is 5.73 Å². The average molecular weight is 299 g/mol. The summed E-state index contributed by atoms with van der Waals surface area (Å²) in [5, 5.41) is 0. The number of nitrogens with two attached hydrogens (primary N) is 1. The molecule has 2 aliphatic rings. The van der Waals surface area contributed by atoms with E-state index in [1.165, 1.54) is 18.9 Å². The van der Waals surface area contributed by atoms with Crippen molar-refractivity contribution < 1.29 is 4.39 Å². The number of hydrogen-bond donors (Lipinski definition) is 1. The van der Waals surface area contributed by atoms with Gasteiger partial charge >= 0.3 is 0 Å². The fourth-order valence-electron chi connectivity index (χ4n) is 3.29. The summed E-state index contributed by atoms with van der Waals surface area (Å²) in [6.07, 6.45) is 4.55. The summed E-state index contributed by atoms with van der Waals surface area (Å²) >= 11 is 3.26. The molecule has 3 rings (SSSR count). The third-order valence-corrected chi connectivity index (χ3v) is 4.58. The van der Waals surface area contributed by atoms with Gasteiger partial charge in [0.05, 0.1) is 4.47 Å². The Balaban J connectivity index is 1.92. The number of halogens is 2. The molecule has 0 saturated carbocycles. The Morgan fingerprint density at radius 1 is 1.24 bits per heavy atom. The lowest BCUT2D eigenvalue weighted by Crippen LogP contribution is -2.47. The SMILES string of the molecule is NC1CC2CCC(C1)N2c1ccc(F)c(Br)c1. The van der Waals surface area contributed by atoms with Crippen molar-refractivity contribution in [3.63, 3.8) is 0 Å². The molecule has 2 N–H and O–H groups in total. The van der Waals surface area contributed by atoms with Crippen LogP contribution in [0.25, 0.3) is 0 Å². The van der Waals surface area contributed by atoms with Crippen LogP contribution >= 0.6 is 15.9 Å². The maximum absolute atomic E-state index is 13.3. The number of rotatable bonds is 1. The summed E-state index contributed by atoms with van der Waals surface area (Å²) in [6, 6.07) is 6.72. The van der Waals surface area contributed by atoms with Crippen LogP contribution < -0.4 is 10.6 Å². The molecule has 0 aromatic heterocycles. The van der Waals surface area contributed by atoms with E-state index in [1.54, 1.807) is 0 Å². The topological polar surface area (TPSA) is 29.3 Å². The van der Waals surface area contributed by atoms with Gasteiger partial charge < -0.3 is 10.6 Å². The van der Waals surface area contributed by atoms with Crippen LogP contribution in [0.3, 0.4) is 0 Å². The van der Waals surface area contributed by atoms with E-state index >= 15 is 0 Å². The van der Waals surface area contributed by atoms with Crippen LogP contribution in [0.5, 0.6) is 0 Å². The number of fused-ring (bicyclic) bond motifs is 2. The molecule has 2 heterocycles. The van der Waals surface area contributed by atoms with Crippen LogP contribution in [0, 0.1) is 5.82 Å². The largest absolute Gasteiger partial charge is 0.365 e. The number of benzene rings is 1. The highest BCUT2D eigenvalue weighted by Gasteiger charge is 2.39. The van der Waals surface area contributed by atoms with Crippen molar-refractivity contribution in [2.75, 3.05) is 4.90 Å². The molecule has 1 aromatic rings. The van der Waals surface area contributed by atoms with Crippen LogP contribution in [0.1, 0.15) is 25.7 Å². The van der Waals surface area contributed by atoms with Crippen molar-refractivity contribution in [2.45, 2.75) is 43.8 Å². The lowest BCUT2D eigenvalue weighted by Gasteiger charge is -2.39. The van der Waals surface area contributed by atoms with Gasteiger partial charge in [0.15, 0.2) is 0 Å². The Morgan fingerprint density at radius 3 is 2.47 bits per heavy atom. The first-order valence-electron chi connectivity index (χ1n) is 6.14. The summed E-state index contributed by atoms with van der Waals surface area (Å²) in [6.45, 7) is 0. The molecular formula is C13H16BrFN2. The van der Waals surface area contributed by atoms with E-state index in [0.29, 0.717) is 22.6 Å². The second kappa shape index (κ2) is 4.25. The van der Waals surface area contributed by atoms with Gasteiger partial charge in [-0.25, -0.2) is 4.39 Å². The first kappa shape index (κ1) is 11.5. The zero-order chi connectivity index (χ0) is 12.0. The molecule has 0 radical (unpaired) electrons. The lowest BCUT2D eigenvalue weighted by atomic mass is 9.97. The minimum Gasteiger partial charge on any atom is -0.365 e. The highest BCUT2D eigenvalue weighted by Crippen LogP contribution is 2.39. The summed E-state index contributed by atoms with van der Waals surface area (Å²) < 4.78 is 13.8. The Morgan fingerprint density at radius 2 is 1.88 bits per heavy atom. The van der Waals surface area contributed by atoms with Gasteiger partial charge in [-0.3, -0.25) is 0 Å². The van der Waals surface area contributed by atoms with Crippen molar-refractivity contribution in [1.82, 2.24) is 0 Å². The molecule has 0 spiro atoms. The Kier molecular flexibility index (Phi) is 2.87. The molecule has 2 bridgehead atoms. The lowest BCUT2D eigenvalue weighted by molar-refractivity contribution is 0.414. The Bertz CT molecular complexity index is 423. The van der Waals surface area contributed by atoms with E-state index in [2.05, 4.69) is 20.8 Å². The van der Waals surface area contributed by atoms with Crippen LogP contribution in [0.4, 0.5) is 10.1 Å². The highest BCUT2D eigenvalue weighted by molar-refractivity contribution is 9.10. The Hall–Kier alpha value is -0.610. The van der Waals surface area contributed by atoms with Crippen molar-refractivity contribution in [1.29, 1.82) is 0 Å². The van der Waals surface area contributed by atoms with Crippen molar-refractivity contribution in [2.24, 2.45) is 5.73 Å². The van der Waals surface area contributed by atoms with Crippen LogP contribution in [0.2, 0.25) is 0 Å². The van der Waals surface area contributed by atoms with Gasteiger partial charge in [0.1, 0.15) is 5.82 Å². The fraction of sp³-hybridized carbons (Fsp3) is 0.538. The number of anilines is 1. The summed E-state index contributed by atoms with van der Waals surface area (Å²) in [7, 11) is 0. The molecular weight excluding hydrogens is 283 g/mol. The maximum Gasteiger partial charge on any atom is 0.137 e. The maximum atomic E-state index is 13.3. The number of piperidine rings is 1. The molecule has 2 unspecified atom stereocenters. The van der Waals surface area contributed by atoms with Gasteiger partial charge in [-0.15, -0.1) is 0 Å². The second-order valence-electron chi connectivity index (χ2n) is 5.12. The molecule has 0 aliphatic carbocycles. The molecule has 2 aliphatic heterocycles. The van der Waals surface area contributed by atoms with Crippen LogP contribution in [0.15, 0.2) is 22.7 Å². The summed E-state index contributed by atoms with van der Waals surface area (Å²) in [4.78, 5) is 2.44. The summed E-state index contributed by atoms with van der Waals surface area (Å²) in [5.74, 6) is -0.199. The summed E-state index contributed by atoms with van der Waals surface area (Å²) in [5.41, 5.74) is 7.18. The van der Waals surface area contributed by atoms with Crippen molar-refractivity contribution in [3.05, 3.63) is 28.5 Å². The van der Waals surface area contributed by atoms with E-state index in [9.17, 15) is 4.39 Å². The molecule has 92 valence electrons. The highest BCUT2D eigenvalue weighted by atomic mass is 79.9. The number of hydrogen-bond acceptors (Lipinski definition) is 2. The van der Waals surface area contributed by atoms with Gasteiger partial charge in [0.25, 0.3) is 0 Å². The van der Waals surface area contributed by atoms with E-state index in [-0.39, 0.29) is 5.82 Å². The van der Waals surface area contributed by atoms with Gasteiger partial charge in [-0.05, 0) is 59.8 Å². The Labute approximate surface area is 109 Å². The van der Waals surface area contributed by atoms with Crippen molar-refractivity contribution >= 4 is 21.6 Å². The standard InChI is InChI=1S/C13H16BrFN2/c14-12-7-11(3-4-13(12)15)17-9-1-2-10(17)6-8(16)5-9/h3-4,7-10H,1-2,5-6,16H2. The third-order valence-electron chi connectivity index (χ3n) is 3.97. The molecule has 2 saturated heterocycles. The van der Waals surface area contributed by atoms with Crippen LogP contribution in [-0.4, -0.2) is 18.1 Å². The first-order valence-corrected chi connectivity index (χ1v) is 6.93. The van der Waals surface area contributed by atoms with Gasteiger partial charge in [0.2, 0.25) is 0 Å². The molecule has 2 atom stereocenters. The zero-order valence-electron chi connectivity index (χ0n) is 9.57. The fourth-order valence-corrected chi connectivity index (χ4v) is 3.65. The van der Waals surface area contributed by atoms with E-state index in [1.807, 2.05) is 12.1 Å². The predicted molar refractivity (Wildman–Crippen MR) is 70.6 cm³/mol. The monoisotopic (exact) mass is 298 g/mol. The first-order chi connectivity index (χ1) is 8.15. The van der Waals surface area contributed by atoms with Gasteiger partial charge in [-0.2, -0.15) is 0 Å². The molecule has 2 fully saturated rings. The van der Waals surface area contributed by atoms with Crippen molar-refractivity contribution in [3.8, 4) is 0 Å². The average Bonchev–Trinajstić information content (AvgIpc) is 2.55. The molecule has 1 aromatic carbocycles. The number of nitrogens with zero attached hydrogens (tertiary/aromatic N) is 1. The third kappa shape index (κ3) is 1.97. The van der Waals surface area contributed by atoms with Gasteiger partial charge in [-0.1, -0.05) is 0 Å².